The Bertz CT molecular complexity index is 3410. The molecule has 3 aliphatic heterocycles. The molecule has 550 valence electrons. The van der Waals surface area contributed by atoms with E-state index >= 15 is 0 Å². The highest BCUT2D eigenvalue weighted by Crippen LogP contribution is 2.32. The number of rotatable bonds is 18. The number of methoxy groups -OCH3 is 2. The molecule has 1 saturated carbocycles. The molecule has 12 nitrogen and oxygen atoms in total. The molecule has 7 aromatic rings. The van der Waals surface area contributed by atoms with Crippen molar-refractivity contribution >= 4 is 27.1 Å². The van der Waals surface area contributed by atoms with Crippen LogP contribution < -0.4 is 14.8 Å². The molecule has 0 radical (unpaired) electrons. The quantitative estimate of drug-likeness (QED) is 0.0651. The van der Waals surface area contributed by atoms with E-state index in [2.05, 4.69) is 144 Å². The normalized spacial score (nSPS) is 14.7. The number of carbonyl (C=O) groups excluding carboxylic acids is 1. The molecule has 0 unspecified atom stereocenters. The lowest BCUT2D eigenvalue weighted by atomic mass is 9.94. The van der Waals surface area contributed by atoms with Gasteiger partial charge in [-0.05, 0) is 183 Å². The number of nitrogens with one attached hydrogen (secondary N) is 1. The zero-order valence-corrected chi connectivity index (χ0v) is 63.4. The molecule has 0 spiro atoms. The maximum atomic E-state index is 12.1. The summed E-state index contributed by atoms with van der Waals surface area (Å²) in [6.07, 6.45) is 11.9. The van der Waals surface area contributed by atoms with Gasteiger partial charge < -0.3 is 24.3 Å². The zero-order chi connectivity index (χ0) is 73.9. The SMILES string of the molecule is CC1(C)CCS(=O)(=O)C1.CCCC(C)C.CCCc1ccc(C(F)(F)F)cc1.CCc1ccc(C2OCCO2)cc1.CCc1ccc(NC(=O)C2CC2)cc1.CCc1ccc(OC)cc1.CCc1ccccc1CN1CCCC1.CCc1ccccc1OC.CCc1ccccc1[N+](=O)[O-]. The highest BCUT2D eigenvalue weighted by molar-refractivity contribution is 7.91. The lowest BCUT2D eigenvalue weighted by molar-refractivity contribution is -0.385. The van der Waals surface area contributed by atoms with Gasteiger partial charge in [0.05, 0.1) is 49.4 Å². The number of likely N-dealkylation sites (tertiary alicyclic amines) is 1. The largest absolute Gasteiger partial charge is 0.497 e. The van der Waals surface area contributed by atoms with Gasteiger partial charge in [0.25, 0.3) is 5.69 Å². The monoisotopic (exact) mass is 1400 g/mol. The highest BCUT2D eigenvalue weighted by Gasteiger charge is 2.34. The van der Waals surface area contributed by atoms with Crippen LogP contribution in [0.15, 0.2) is 170 Å². The van der Waals surface area contributed by atoms with E-state index in [-0.39, 0.29) is 34.1 Å². The lowest BCUT2D eigenvalue weighted by Crippen LogP contribution is -2.19. The van der Waals surface area contributed by atoms with E-state index in [4.69, 9.17) is 18.9 Å². The highest BCUT2D eigenvalue weighted by atomic mass is 32.2. The number of hydrogen-bond acceptors (Lipinski definition) is 10. The van der Waals surface area contributed by atoms with Crippen molar-refractivity contribution in [3.63, 3.8) is 0 Å². The van der Waals surface area contributed by atoms with Gasteiger partial charge in [-0.2, -0.15) is 13.2 Å². The van der Waals surface area contributed by atoms with Crippen LogP contribution in [0.5, 0.6) is 11.5 Å². The van der Waals surface area contributed by atoms with Gasteiger partial charge in [-0.15, -0.1) is 0 Å². The predicted octanol–water partition coefficient (Wildman–Crippen LogP) is 21.3. The summed E-state index contributed by atoms with van der Waals surface area (Å²) in [4.78, 5) is 24.0. The van der Waals surface area contributed by atoms with E-state index in [1.54, 1.807) is 26.4 Å². The number of carbonyl (C=O) groups is 1. The summed E-state index contributed by atoms with van der Waals surface area (Å²) >= 11 is 0. The first-order valence-electron chi connectivity index (χ1n) is 36.2. The Balaban J connectivity index is 0.000000295. The van der Waals surface area contributed by atoms with E-state index in [1.807, 2.05) is 76.2 Å². The number of para-hydroxylation sites is 2. The van der Waals surface area contributed by atoms with Crippen LogP contribution in [0.1, 0.15) is 196 Å². The molecule has 4 aliphatic rings. The third kappa shape index (κ3) is 35.3. The maximum Gasteiger partial charge on any atom is 0.416 e. The first-order valence-corrected chi connectivity index (χ1v) is 38.0. The van der Waals surface area contributed by atoms with Crippen LogP contribution in [0.25, 0.3) is 0 Å². The number of aryl methyl sites for hydroxylation is 7. The van der Waals surface area contributed by atoms with Gasteiger partial charge in [0.2, 0.25) is 5.91 Å². The minimum atomic E-state index is -4.22. The molecular weight excluding hydrogens is 1280 g/mol. The fourth-order valence-electron chi connectivity index (χ4n) is 10.9. The number of amides is 1. The summed E-state index contributed by atoms with van der Waals surface area (Å²) in [6.45, 7) is 30.6. The van der Waals surface area contributed by atoms with Gasteiger partial charge in [-0.3, -0.25) is 19.8 Å². The minimum absolute atomic E-state index is 0.0405. The summed E-state index contributed by atoms with van der Waals surface area (Å²) in [5.41, 5.74) is 11.8. The van der Waals surface area contributed by atoms with Crippen molar-refractivity contribution in [1.29, 1.82) is 0 Å². The van der Waals surface area contributed by atoms with E-state index in [0.29, 0.717) is 31.1 Å². The summed E-state index contributed by atoms with van der Waals surface area (Å²) in [6, 6.07) is 53.6. The molecule has 1 N–H and O–H groups in total. The number of nitrogens with zero attached hydrogens (tertiary/aromatic N) is 2. The first-order chi connectivity index (χ1) is 47.8. The second kappa shape index (κ2) is 47.7. The van der Waals surface area contributed by atoms with Crippen molar-refractivity contribution in [3.05, 3.63) is 236 Å². The number of anilines is 1. The van der Waals surface area contributed by atoms with Crippen molar-refractivity contribution in [3.8, 4) is 11.5 Å². The molecule has 3 saturated heterocycles. The van der Waals surface area contributed by atoms with Gasteiger partial charge in [-0.1, -0.05) is 224 Å². The van der Waals surface area contributed by atoms with Crippen molar-refractivity contribution in [2.75, 3.05) is 57.3 Å². The van der Waals surface area contributed by atoms with Crippen molar-refractivity contribution < 1.29 is 50.3 Å². The second-order valence-electron chi connectivity index (χ2n) is 26.3. The minimum Gasteiger partial charge on any atom is -0.497 e. The van der Waals surface area contributed by atoms with Gasteiger partial charge in [0.1, 0.15) is 11.5 Å². The summed E-state index contributed by atoms with van der Waals surface area (Å²) < 4.78 is 78.9. The molecule has 0 atom stereocenters. The van der Waals surface area contributed by atoms with Crippen LogP contribution >= 0.6 is 0 Å². The molecule has 4 fully saturated rings. The molecule has 16 heteroatoms. The standard InChI is InChI=1S/C13H19N.C12H15NO.C11H14O2.C10H11F3.2C9H12O.C8H9NO2.C6H12O2S.C6H14/c1-2-12-7-3-4-8-13(12)11-14-9-5-6-10-14;1-2-9-3-7-11(8-4-9)13-12(14)10-5-6-10;1-2-9-3-5-10(6-4-9)11-12-7-8-13-11;1-2-3-8-4-6-9(7-5-8)10(11,12)13;1-3-8-4-6-9(10-2)7-5-8;1-3-8-6-4-5-7-9(8)10-2;1-2-7-5-3-4-6-8(7)9(10)11;1-6(2)3-4-9(7,8)5-6;1-4-5-6(2)3/h3-4,7-8H,2,5-6,9-11H2,1H3;3-4,7-8,10H,2,5-6H2,1H3,(H,13,14);3-6,11H,2,7-8H2,1H3;4-7H,2-3H2,1H3;2*4-7H,3H2,1-2H3;3-6H,2H2,1H3;3-5H2,1-2H3;6H,4-5H2,1-3H3. The molecular formula is C84H118F3N3O9S. The van der Waals surface area contributed by atoms with E-state index in [9.17, 15) is 36.5 Å². The fourth-order valence-corrected chi connectivity index (χ4v) is 13.2. The second-order valence-corrected chi connectivity index (χ2v) is 28.5. The third-order valence-electron chi connectivity index (χ3n) is 17.0. The summed E-state index contributed by atoms with van der Waals surface area (Å²) in [5, 5.41) is 13.3. The number of sulfone groups is 1. The maximum absolute atomic E-state index is 12.1. The van der Waals surface area contributed by atoms with Crippen LogP contribution in [0, 0.1) is 27.4 Å². The van der Waals surface area contributed by atoms with Crippen LogP contribution in [0.4, 0.5) is 24.5 Å². The number of nitro benzene ring substituents is 1. The Morgan fingerprint density at radius 3 is 1.49 bits per heavy atom. The average molecular weight is 1400 g/mol. The summed E-state index contributed by atoms with van der Waals surface area (Å²) in [5.74, 6) is 4.03. The number of hydrogen-bond donors (Lipinski definition) is 1. The van der Waals surface area contributed by atoms with E-state index in [0.717, 1.165) is 123 Å². The number of halogens is 3. The van der Waals surface area contributed by atoms with Crippen molar-refractivity contribution in [2.24, 2.45) is 17.3 Å². The molecule has 0 aromatic heterocycles. The molecule has 7 aromatic carbocycles. The van der Waals surface area contributed by atoms with Crippen LogP contribution in [0.3, 0.4) is 0 Å². The number of alkyl halides is 3. The molecule has 1 aliphatic carbocycles. The van der Waals surface area contributed by atoms with Crippen LogP contribution in [-0.2, 0) is 81.8 Å². The Morgan fingerprint density at radius 2 is 1.10 bits per heavy atom. The smallest absolute Gasteiger partial charge is 0.416 e. The van der Waals surface area contributed by atoms with Gasteiger partial charge in [-0.25, -0.2) is 8.42 Å². The molecule has 1 amide bonds. The van der Waals surface area contributed by atoms with Crippen molar-refractivity contribution in [2.45, 2.75) is 198 Å². The van der Waals surface area contributed by atoms with E-state index in [1.165, 1.54) is 90.4 Å². The lowest BCUT2D eigenvalue weighted by Gasteiger charge is -2.16. The Labute approximate surface area is 599 Å². The molecule has 11 rings (SSSR count). The molecule has 3 heterocycles. The fraction of sp³-hybridized carbons (Fsp3) is 0.488. The Kier molecular flexibility index (Phi) is 41.4. The summed E-state index contributed by atoms with van der Waals surface area (Å²) in [7, 11) is 0.730. The zero-order valence-electron chi connectivity index (χ0n) is 62.6. The first kappa shape index (κ1) is 86.8. The average Bonchev–Trinajstić information content (AvgIpc) is 1.67. The topological polar surface area (TPSA) is 147 Å². The van der Waals surface area contributed by atoms with Gasteiger partial charge in [0, 0.05) is 35.3 Å². The van der Waals surface area contributed by atoms with Gasteiger partial charge in [0.15, 0.2) is 16.1 Å². The number of benzene rings is 7. The Hall–Kier alpha value is -7.37. The number of ether oxygens (including phenoxy) is 4. The molecule has 100 heavy (non-hydrogen) atoms. The predicted molar refractivity (Wildman–Crippen MR) is 407 cm³/mol. The van der Waals surface area contributed by atoms with Crippen molar-refractivity contribution in [1.82, 2.24) is 4.90 Å². The van der Waals surface area contributed by atoms with Crippen LogP contribution in [0.2, 0.25) is 0 Å². The van der Waals surface area contributed by atoms with E-state index < -0.39 is 21.6 Å². The Morgan fingerprint density at radius 1 is 0.620 bits per heavy atom. The number of nitro groups is 1. The van der Waals surface area contributed by atoms with Crippen LogP contribution in [-0.4, -0.2) is 76.2 Å². The van der Waals surface area contributed by atoms with Gasteiger partial charge >= 0.3 is 6.18 Å². The molecule has 0 bridgehead atoms. The third-order valence-corrected chi connectivity index (χ3v) is 19.1.